The van der Waals surface area contributed by atoms with Crippen LogP contribution in [0.1, 0.15) is 5.56 Å². The minimum absolute atomic E-state index is 0.138. The van der Waals surface area contributed by atoms with E-state index in [0.29, 0.717) is 33.5 Å². The number of rotatable bonds is 4. The van der Waals surface area contributed by atoms with Gasteiger partial charge >= 0.3 is 0 Å². The first-order chi connectivity index (χ1) is 12.6. The molecule has 3 heterocycles. The van der Waals surface area contributed by atoms with Crippen LogP contribution < -0.4 is 0 Å². The Bertz CT molecular complexity index is 1070. The Morgan fingerprint density at radius 2 is 1.96 bits per heavy atom. The highest BCUT2D eigenvalue weighted by Gasteiger charge is 2.12. The molecule has 6 nitrogen and oxygen atoms in total. The third kappa shape index (κ3) is 3.18. The molecule has 0 aliphatic rings. The van der Waals surface area contributed by atoms with Crippen molar-refractivity contribution in [2.75, 3.05) is 0 Å². The minimum Gasteiger partial charge on any atom is -0.332 e. The summed E-state index contributed by atoms with van der Waals surface area (Å²) in [6.45, 7) is 0.518. The summed E-state index contributed by atoms with van der Waals surface area (Å²) in [6.07, 6.45) is 5.09. The topological polar surface area (TPSA) is 72.3 Å². The molecule has 0 bridgehead atoms. The second-order valence-electron chi connectivity index (χ2n) is 5.54. The molecule has 4 rings (SSSR count). The van der Waals surface area contributed by atoms with E-state index in [1.54, 1.807) is 30.7 Å². The SMILES string of the molecule is Fc1n[nH]nc1-c1ccnc(-c2cn(Cc3cccc(Cl)c3Cl)cn2)c1. The molecule has 0 spiro atoms. The smallest absolute Gasteiger partial charge is 0.260 e. The predicted molar refractivity (Wildman–Crippen MR) is 96.4 cm³/mol. The van der Waals surface area contributed by atoms with Crippen molar-refractivity contribution in [2.24, 2.45) is 0 Å². The number of nitrogens with one attached hydrogen (secondary N) is 1. The third-order valence-corrected chi connectivity index (χ3v) is 4.68. The fraction of sp³-hybridized carbons (Fsp3) is 0.0588. The highest BCUT2D eigenvalue weighted by Crippen LogP contribution is 2.27. The van der Waals surface area contributed by atoms with E-state index in [4.69, 9.17) is 23.2 Å². The lowest BCUT2D eigenvalue weighted by molar-refractivity contribution is 0.581. The first-order valence-electron chi connectivity index (χ1n) is 7.59. The summed E-state index contributed by atoms with van der Waals surface area (Å²) < 4.78 is 15.5. The largest absolute Gasteiger partial charge is 0.332 e. The van der Waals surface area contributed by atoms with Crippen molar-refractivity contribution in [3.8, 4) is 22.6 Å². The van der Waals surface area contributed by atoms with E-state index >= 15 is 0 Å². The number of nitrogens with zero attached hydrogens (tertiary/aromatic N) is 5. The zero-order valence-corrected chi connectivity index (χ0v) is 14.7. The minimum atomic E-state index is -0.664. The number of H-pyrrole nitrogens is 1. The van der Waals surface area contributed by atoms with Crippen molar-refractivity contribution in [3.05, 3.63) is 70.6 Å². The zero-order chi connectivity index (χ0) is 18.1. The summed E-state index contributed by atoms with van der Waals surface area (Å²) in [5.74, 6) is -0.664. The van der Waals surface area contributed by atoms with Crippen LogP contribution in [0.5, 0.6) is 0 Å². The van der Waals surface area contributed by atoms with Gasteiger partial charge in [-0.3, -0.25) is 4.98 Å². The summed E-state index contributed by atoms with van der Waals surface area (Å²) in [6, 6.07) is 8.86. The van der Waals surface area contributed by atoms with Crippen LogP contribution in [0.3, 0.4) is 0 Å². The van der Waals surface area contributed by atoms with Crippen molar-refractivity contribution in [2.45, 2.75) is 6.54 Å². The van der Waals surface area contributed by atoms with Gasteiger partial charge in [-0.2, -0.15) is 14.7 Å². The van der Waals surface area contributed by atoms with E-state index in [1.165, 1.54) is 0 Å². The van der Waals surface area contributed by atoms with Gasteiger partial charge in [-0.05, 0) is 23.8 Å². The Balaban J connectivity index is 1.62. The Labute approximate surface area is 157 Å². The molecule has 0 fully saturated rings. The van der Waals surface area contributed by atoms with Crippen LogP contribution in [0.25, 0.3) is 22.6 Å². The Morgan fingerprint density at radius 1 is 1.08 bits per heavy atom. The standard InChI is InChI=1S/C17H11Cl2FN6/c18-12-3-1-2-11(15(12)19)7-26-8-14(22-9-26)13-6-10(4-5-21-13)16-17(20)24-25-23-16/h1-6,8-9H,7H2,(H,23,24,25). The molecule has 1 aromatic carbocycles. The highest BCUT2D eigenvalue weighted by molar-refractivity contribution is 6.42. The van der Waals surface area contributed by atoms with Gasteiger partial charge < -0.3 is 4.57 Å². The fourth-order valence-electron chi connectivity index (χ4n) is 2.57. The fourth-order valence-corrected chi connectivity index (χ4v) is 2.95. The van der Waals surface area contributed by atoms with Crippen LogP contribution in [-0.2, 0) is 6.54 Å². The van der Waals surface area contributed by atoms with E-state index in [1.807, 2.05) is 22.9 Å². The van der Waals surface area contributed by atoms with Crippen LogP contribution in [0.15, 0.2) is 49.1 Å². The molecule has 0 saturated carbocycles. The molecule has 0 aliphatic heterocycles. The van der Waals surface area contributed by atoms with Crippen LogP contribution in [0.2, 0.25) is 10.0 Å². The molecule has 0 saturated heterocycles. The van der Waals surface area contributed by atoms with Gasteiger partial charge in [0.05, 0.1) is 28.6 Å². The van der Waals surface area contributed by atoms with Gasteiger partial charge in [-0.1, -0.05) is 35.3 Å². The van der Waals surface area contributed by atoms with Crippen molar-refractivity contribution in [1.29, 1.82) is 0 Å². The summed E-state index contributed by atoms with van der Waals surface area (Å²) in [5, 5.41) is 10.5. The van der Waals surface area contributed by atoms with E-state index < -0.39 is 5.95 Å². The maximum Gasteiger partial charge on any atom is 0.260 e. The molecular formula is C17H11Cl2FN6. The van der Waals surface area contributed by atoms with Gasteiger partial charge in [-0.15, -0.1) is 5.10 Å². The number of aromatic nitrogens is 6. The molecule has 1 N–H and O–H groups in total. The van der Waals surface area contributed by atoms with Crippen molar-refractivity contribution in [3.63, 3.8) is 0 Å². The predicted octanol–water partition coefficient (Wildman–Crippen LogP) is 4.22. The summed E-state index contributed by atoms with van der Waals surface area (Å²) in [7, 11) is 0. The number of pyridine rings is 1. The number of halogens is 3. The first kappa shape index (κ1) is 16.7. The van der Waals surface area contributed by atoms with Gasteiger partial charge in [0.25, 0.3) is 5.95 Å². The van der Waals surface area contributed by atoms with E-state index in [2.05, 4.69) is 25.4 Å². The van der Waals surface area contributed by atoms with Crippen molar-refractivity contribution < 1.29 is 4.39 Å². The molecular weight excluding hydrogens is 378 g/mol. The number of hydrogen-bond donors (Lipinski definition) is 1. The lowest BCUT2D eigenvalue weighted by Crippen LogP contribution is -1.97. The summed E-state index contributed by atoms with van der Waals surface area (Å²) in [4.78, 5) is 8.66. The molecule has 0 atom stereocenters. The second kappa shape index (κ2) is 6.86. The van der Waals surface area contributed by atoms with E-state index in [-0.39, 0.29) is 5.69 Å². The third-order valence-electron chi connectivity index (χ3n) is 3.82. The van der Waals surface area contributed by atoms with E-state index in [0.717, 1.165) is 5.56 Å². The molecule has 0 radical (unpaired) electrons. The maximum absolute atomic E-state index is 13.6. The zero-order valence-electron chi connectivity index (χ0n) is 13.2. The number of hydrogen-bond acceptors (Lipinski definition) is 4. The average molecular weight is 389 g/mol. The quantitative estimate of drug-likeness (QED) is 0.567. The number of imidazole rings is 1. The molecule has 26 heavy (non-hydrogen) atoms. The Hall–Kier alpha value is -2.77. The molecule has 130 valence electrons. The van der Waals surface area contributed by atoms with E-state index in [9.17, 15) is 4.39 Å². The number of aromatic amines is 1. The molecule has 0 aliphatic carbocycles. The molecule has 4 aromatic rings. The Morgan fingerprint density at radius 3 is 2.77 bits per heavy atom. The van der Waals surface area contributed by atoms with Gasteiger partial charge in [-0.25, -0.2) is 4.98 Å². The second-order valence-corrected chi connectivity index (χ2v) is 6.32. The van der Waals surface area contributed by atoms with Crippen LogP contribution in [0.4, 0.5) is 4.39 Å². The normalized spacial score (nSPS) is 11.0. The highest BCUT2D eigenvalue weighted by atomic mass is 35.5. The lowest BCUT2D eigenvalue weighted by Gasteiger charge is -2.06. The Kier molecular flexibility index (Phi) is 4.40. The molecule has 0 unspecified atom stereocenters. The van der Waals surface area contributed by atoms with Gasteiger partial charge in [0.15, 0.2) is 0 Å². The average Bonchev–Trinajstić information content (AvgIpc) is 3.28. The summed E-state index contributed by atoms with van der Waals surface area (Å²) in [5.41, 5.74) is 2.83. The van der Waals surface area contributed by atoms with Crippen LogP contribution in [0, 0.1) is 5.95 Å². The van der Waals surface area contributed by atoms with Gasteiger partial charge in [0, 0.05) is 18.0 Å². The van der Waals surface area contributed by atoms with Crippen LogP contribution in [-0.4, -0.2) is 29.9 Å². The number of benzene rings is 1. The first-order valence-corrected chi connectivity index (χ1v) is 8.35. The van der Waals surface area contributed by atoms with Crippen molar-refractivity contribution >= 4 is 23.2 Å². The van der Waals surface area contributed by atoms with Crippen molar-refractivity contribution in [1.82, 2.24) is 29.9 Å². The lowest BCUT2D eigenvalue weighted by atomic mass is 10.1. The molecule has 3 aromatic heterocycles. The van der Waals surface area contributed by atoms with Gasteiger partial charge in [0.2, 0.25) is 0 Å². The monoisotopic (exact) mass is 388 g/mol. The maximum atomic E-state index is 13.6. The summed E-state index contributed by atoms with van der Waals surface area (Å²) >= 11 is 12.3. The van der Waals surface area contributed by atoms with Crippen LogP contribution >= 0.6 is 23.2 Å². The molecule has 9 heteroatoms. The molecule has 0 amide bonds. The van der Waals surface area contributed by atoms with Gasteiger partial charge in [0.1, 0.15) is 11.4 Å².